The van der Waals surface area contributed by atoms with Gasteiger partial charge in [0.15, 0.2) is 0 Å². The summed E-state index contributed by atoms with van der Waals surface area (Å²) in [4.78, 5) is 20.5. The average Bonchev–Trinajstić information content (AvgIpc) is 3.37. The highest BCUT2D eigenvalue weighted by atomic mass is 19.3. The summed E-state index contributed by atoms with van der Waals surface area (Å²) >= 11 is 0. The average molecular weight is 414 g/mol. The molecule has 4 rings (SSSR count). The Hall–Kier alpha value is -3.25. The van der Waals surface area contributed by atoms with E-state index in [2.05, 4.69) is 31.9 Å². The molecule has 0 saturated heterocycles. The van der Waals surface area contributed by atoms with Crippen LogP contribution in [0.3, 0.4) is 0 Å². The fourth-order valence-corrected chi connectivity index (χ4v) is 3.79. The summed E-state index contributed by atoms with van der Waals surface area (Å²) in [5.74, 6) is 5.12. The Labute approximate surface area is 171 Å². The van der Waals surface area contributed by atoms with Crippen molar-refractivity contribution in [3.05, 3.63) is 47.3 Å². The number of nitrogens with zero attached hydrogens (tertiary/aromatic N) is 2. The van der Waals surface area contributed by atoms with Gasteiger partial charge in [-0.3, -0.25) is 4.79 Å². The van der Waals surface area contributed by atoms with Crippen LogP contribution in [-0.2, 0) is 0 Å². The zero-order valence-corrected chi connectivity index (χ0v) is 15.9. The SMILES string of the molecule is Nc1ncc(C#Cc2cc(OC(F)F)ccc2C(=O)N[C@H]2CC3(CC3)C[C@@H]2O)cn1. The molecule has 9 heteroatoms. The lowest BCUT2D eigenvalue weighted by Gasteiger charge is -2.17. The van der Waals surface area contributed by atoms with Crippen molar-refractivity contribution in [2.45, 2.75) is 44.4 Å². The highest BCUT2D eigenvalue weighted by molar-refractivity contribution is 5.97. The van der Waals surface area contributed by atoms with Crippen molar-refractivity contribution in [2.24, 2.45) is 5.41 Å². The molecule has 0 aliphatic heterocycles. The summed E-state index contributed by atoms with van der Waals surface area (Å²) < 4.78 is 29.6. The molecule has 2 aromatic rings. The van der Waals surface area contributed by atoms with Crippen molar-refractivity contribution in [1.29, 1.82) is 0 Å². The Bertz CT molecular complexity index is 1010. The number of aromatic nitrogens is 2. The molecule has 2 aliphatic rings. The summed E-state index contributed by atoms with van der Waals surface area (Å²) in [5, 5.41) is 13.1. The number of ether oxygens (including phenoxy) is 1. The number of carbonyl (C=O) groups excluding carboxylic acids is 1. The lowest BCUT2D eigenvalue weighted by molar-refractivity contribution is -0.0498. The summed E-state index contributed by atoms with van der Waals surface area (Å²) in [5.41, 5.74) is 6.45. The molecule has 7 nitrogen and oxygen atoms in total. The normalized spacial score (nSPS) is 21.2. The Morgan fingerprint density at radius 1 is 1.27 bits per heavy atom. The lowest BCUT2D eigenvalue weighted by atomic mass is 10.0. The minimum Gasteiger partial charge on any atom is -0.435 e. The molecular formula is C21H20F2N4O3. The first-order valence-corrected chi connectivity index (χ1v) is 9.51. The number of hydrogen-bond acceptors (Lipinski definition) is 6. The molecule has 1 aromatic heterocycles. The summed E-state index contributed by atoms with van der Waals surface area (Å²) in [7, 11) is 0. The van der Waals surface area contributed by atoms with Gasteiger partial charge in [-0.15, -0.1) is 0 Å². The van der Waals surface area contributed by atoms with Crippen LogP contribution < -0.4 is 15.8 Å². The first-order valence-electron chi connectivity index (χ1n) is 9.51. The second-order valence-corrected chi connectivity index (χ2v) is 7.72. The molecule has 1 heterocycles. The Kier molecular flexibility index (Phi) is 5.26. The zero-order chi connectivity index (χ0) is 21.3. The predicted molar refractivity (Wildman–Crippen MR) is 104 cm³/mol. The van der Waals surface area contributed by atoms with Crippen molar-refractivity contribution in [3.8, 4) is 17.6 Å². The first kappa shape index (κ1) is 20.0. The van der Waals surface area contributed by atoms with Gasteiger partial charge in [-0.1, -0.05) is 11.8 Å². The van der Waals surface area contributed by atoms with Crippen LogP contribution in [0.5, 0.6) is 5.75 Å². The van der Waals surface area contributed by atoms with Gasteiger partial charge >= 0.3 is 6.61 Å². The molecule has 30 heavy (non-hydrogen) atoms. The highest BCUT2D eigenvalue weighted by Gasteiger charge is 2.52. The number of rotatable bonds is 4. The standard InChI is InChI=1S/C21H20F2N4O3/c22-19(23)30-14-3-4-15(13(7-14)2-1-12-10-25-20(24)26-11-12)18(29)27-16-8-21(5-6-21)9-17(16)28/h3-4,7,10-11,16-17,19,28H,5-6,8-9H2,(H,27,29)(H2,24,25,26)/t16-,17-/m0/s1. The van der Waals surface area contributed by atoms with E-state index >= 15 is 0 Å². The molecular weight excluding hydrogens is 394 g/mol. The molecule has 0 unspecified atom stereocenters. The maximum atomic E-state index is 12.9. The number of hydrogen-bond donors (Lipinski definition) is 3. The van der Waals surface area contributed by atoms with Gasteiger partial charge in [-0.05, 0) is 49.3 Å². The lowest BCUT2D eigenvalue weighted by Crippen LogP contribution is -2.40. The van der Waals surface area contributed by atoms with Crippen molar-refractivity contribution in [1.82, 2.24) is 15.3 Å². The third kappa shape index (κ3) is 4.49. The Morgan fingerprint density at radius 2 is 2.00 bits per heavy atom. The van der Waals surface area contributed by atoms with E-state index in [0.717, 1.165) is 19.3 Å². The van der Waals surface area contributed by atoms with Gasteiger partial charge in [-0.25, -0.2) is 9.97 Å². The third-order valence-electron chi connectivity index (χ3n) is 5.51. The molecule has 1 spiro atoms. The number of aliphatic hydroxyl groups excluding tert-OH is 1. The molecule has 1 amide bonds. The number of nitrogens with two attached hydrogens (primary N) is 1. The second kappa shape index (κ2) is 7.88. The largest absolute Gasteiger partial charge is 0.435 e. The molecule has 0 bridgehead atoms. The summed E-state index contributed by atoms with van der Waals surface area (Å²) in [6, 6.07) is 3.60. The van der Waals surface area contributed by atoms with Gasteiger partial charge in [0, 0.05) is 18.0 Å². The van der Waals surface area contributed by atoms with E-state index < -0.39 is 18.6 Å². The van der Waals surface area contributed by atoms with E-state index in [-0.39, 0.29) is 34.3 Å². The van der Waals surface area contributed by atoms with Gasteiger partial charge in [0.1, 0.15) is 5.75 Å². The fourth-order valence-electron chi connectivity index (χ4n) is 3.79. The molecule has 4 N–H and O–H groups in total. The third-order valence-corrected chi connectivity index (χ3v) is 5.51. The number of aliphatic hydroxyl groups is 1. The van der Waals surface area contributed by atoms with Gasteiger partial charge in [0.25, 0.3) is 5.91 Å². The van der Waals surface area contributed by atoms with Crippen LogP contribution in [0, 0.1) is 17.3 Å². The Morgan fingerprint density at radius 3 is 2.63 bits per heavy atom. The minimum absolute atomic E-state index is 0.0940. The molecule has 156 valence electrons. The van der Waals surface area contributed by atoms with E-state index in [1.165, 1.54) is 30.6 Å². The van der Waals surface area contributed by atoms with Crippen molar-refractivity contribution in [2.75, 3.05) is 5.73 Å². The zero-order valence-electron chi connectivity index (χ0n) is 15.9. The highest BCUT2D eigenvalue weighted by Crippen LogP contribution is 2.57. The number of carbonyl (C=O) groups is 1. The van der Waals surface area contributed by atoms with Crippen LogP contribution in [-0.4, -0.2) is 39.7 Å². The number of halogens is 2. The fraction of sp³-hybridized carbons (Fsp3) is 0.381. The van der Waals surface area contributed by atoms with E-state index in [1.54, 1.807) is 0 Å². The van der Waals surface area contributed by atoms with Crippen LogP contribution >= 0.6 is 0 Å². The quantitative estimate of drug-likeness (QED) is 0.661. The summed E-state index contributed by atoms with van der Waals surface area (Å²) in [6.45, 7) is -3.00. The monoisotopic (exact) mass is 414 g/mol. The Balaban J connectivity index is 1.59. The van der Waals surface area contributed by atoms with Crippen LogP contribution in [0.2, 0.25) is 0 Å². The van der Waals surface area contributed by atoms with Crippen LogP contribution in [0.4, 0.5) is 14.7 Å². The topological polar surface area (TPSA) is 110 Å². The molecule has 0 radical (unpaired) electrons. The van der Waals surface area contributed by atoms with Crippen LogP contribution in [0.15, 0.2) is 30.6 Å². The van der Waals surface area contributed by atoms with Crippen molar-refractivity contribution >= 4 is 11.9 Å². The van der Waals surface area contributed by atoms with Gasteiger partial charge in [-0.2, -0.15) is 8.78 Å². The first-order chi connectivity index (χ1) is 14.3. The number of alkyl halides is 2. The number of nitrogen functional groups attached to an aromatic ring is 1. The smallest absolute Gasteiger partial charge is 0.387 e. The maximum absolute atomic E-state index is 12.9. The predicted octanol–water partition coefficient (Wildman–Crippen LogP) is 2.09. The maximum Gasteiger partial charge on any atom is 0.387 e. The van der Waals surface area contributed by atoms with Crippen molar-refractivity contribution in [3.63, 3.8) is 0 Å². The molecule has 2 aliphatic carbocycles. The number of amides is 1. The molecule has 2 atom stereocenters. The van der Waals surface area contributed by atoms with Gasteiger partial charge in [0.05, 0.1) is 23.3 Å². The number of anilines is 1. The minimum atomic E-state index is -3.00. The van der Waals surface area contributed by atoms with E-state index in [1.807, 2.05) is 0 Å². The van der Waals surface area contributed by atoms with E-state index in [9.17, 15) is 18.7 Å². The molecule has 2 fully saturated rings. The number of benzene rings is 1. The van der Waals surface area contributed by atoms with Crippen LogP contribution in [0.1, 0.15) is 47.2 Å². The van der Waals surface area contributed by atoms with Crippen LogP contribution in [0.25, 0.3) is 0 Å². The summed E-state index contributed by atoms with van der Waals surface area (Å²) in [6.07, 6.45) is 5.78. The van der Waals surface area contributed by atoms with E-state index in [4.69, 9.17) is 5.73 Å². The number of nitrogens with one attached hydrogen (secondary N) is 1. The van der Waals surface area contributed by atoms with E-state index in [0.29, 0.717) is 12.0 Å². The second-order valence-electron chi connectivity index (χ2n) is 7.72. The van der Waals surface area contributed by atoms with Gasteiger partial charge < -0.3 is 20.9 Å². The molecule has 2 saturated carbocycles. The van der Waals surface area contributed by atoms with Crippen molar-refractivity contribution < 1.29 is 23.4 Å². The van der Waals surface area contributed by atoms with Gasteiger partial charge in [0.2, 0.25) is 5.95 Å². The molecule has 1 aromatic carbocycles.